The molecule has 0 amide bonds. The predicted molar refractivity (Wildman–Crippen MR) is 98.4 cm³/mol. The van der Waals surface area contributed by atoms with Gasteiger partial charge in [-0.1, -0.05) is 30.0 Å². The second-order valence-corrected chi connectivity index (χ2v) is 6.28. The Hall–Kier alpha value is -2.80. The summed E-state index contributed by atoms with van der Waals surface area (Å²) < 4.78 is 16.2. The normalized spacial score (nSPS) is 10.5. The minimum Gasteiger partial charge on any atom is -0.494 e. The lowest BCUT2D eigenvalue weighted by atomic mass is 10.1. The van der Waals surface area contributed by atoms with Crippen molar-refractivity contribution in [1.29, 1.82) is 0 Å². The predicted octanol–water partition coefficient (Wildman–Crippen LogP) is 4.14. The Balaban J connectivity index is 1.54. The SMILES string of the molecule is CCOc1ccc(OC(=O)CSc2nnc(-c3ccccc3C)o2)cc1. The number of esters is 1. The molecule has 0 aliphatic carbocycles. The molecule has 0 saturated heterocycles. The van der Waals surface area contributed by atoms with Crippen LogP contribution >= 0.6 is 11.8 Å². The van der Waals surface area contributed by atoms with E-state index < -0.39 is 5.97 Å². The molecular formula is C19H18N2O4S. The van der Waals surface area contributed by atoms with Gasteiger partial charge in [-0.25, -0.2) is 0 Å². The maximum atomic E-state index is 12.0. The number of ether oxygens (including phenoxy) is 2. The van der Waals surface area contributed by atoms with E-state index in [-0.39, 0.29) is 5.75 Å². The van der Waals surface area contributed by atoms with E-state index >= 15 is 0 Å². The Morgan fingerprint density at radius 1 is 1.08 bits per heavy atom. The molecule has 0 spiro atoms. The summed E-state index contributed by atoms with van der Waals surface area (Å²) in [7, 11) is 0. The van der Waals surface area contributed by atoms with Crippen LogP contribution in [0.15, 0.2) is 58.2 Å². The Kier molecular flexibility index (Phi) is 5.91. The van der Waals surface area contributed by atoms with Crippen LogP contribution in [-0.4, -0.2) is 28.5 Å². The van der Waals surface area contributed by atoms with Gasteiger partial charge in [0, 0.05) is 5.56 Å². The third kappa shape index (κ3) is 4.64. The highest BCUT2D eigenvalue weighted by molar-refractivity contribution is 7.99. The van der Waals surface area contributed by atoms with Crippen LogP contribution in [0.1, 0.15) is 12.5 Å². The molecule has 1 aromatic heterocycles. The summed E-state index contributed by atoms with van der Waals surface area (Å²) in [6, 6.07) is 14.6. The molecule has 6 nitrogen and oxygen atoms in total. The topological polar surface area (TPSA) is 74.5 Å². The smallest absolute Gasteiger partial charge is 0.321 e. The maximum absolute atomic E-state index is 12.0. The summed E-state index contributed by atoms with van der Waals surface area (Å²) in [4.78, 5) is 12.0. The summed E-state index contributed by atoms with van der Waals surface area (Å²) in [6.45, 7) is 4.47. The first kappa shape index (κ1) is 18.0. The monoisotopic (exact) mass is 370 g/mol. The largest absolute Gasteiger partial charge is 0.494 e. The summed E-state index contributed by atoms with van der Waals surface area (Å²) >= 11 is 1.14. The van der Waals surface area contributed by atoms with E-state index in [4.69, 9.17) is 13.9 Å². The van der Waals surface area contributed by atoms with Crippen LogP contribution in [-0.2, 0) is 4.79 Å². The standard InChI is InChI=1S/C19H18N2O4S/c1-3-23-14-8-10-15(11-9-14)24-17(22)12-26-19-21-20-18(25-19)16-7-5-4-6-13(16)2/h4-11H,3,12H2,1-2H3. The zero-order valence-corrected chi connectivity index (χ0v) is 15.3. The first-order valence-corrected chi connectivity index (χ1v) is 9.10. The molecule has 0 aliphatic heterocycles. The molecule has 2 aromatic carbocycles. The fourth-order valence-electron chi connectivity index (χ4n) is 2.24. The first-order valence-electron chi connectivity index (χ1n) is 8.11. The second-order valence-electron chi connectivity index (χ2n) is 5.36. The van der Waals surface area contributed by atoms with E-state index in [1.165, 1.54) is 0 Å². The molecule has 0 fully saturated rings. The van der Waals surface area contributed by atoms with Gasteiger partial charge in [-0.2, -0.15) is 0 Å². The van der Waals surface area contributed by atoms with E-state index in [2.05, 4.69) is 10.2 Å². The number of carbonyl (C=O) groups excluding carboxylic acids is 1. The number of hydrogen-bond donors (Lipinski definition) is 0. The molecule has 0 bridgehead atoms. The molecular weight excluding hydrogens is 352 g/mol. The lowest BCUT2D eigenvalue weighted by Gasteiger charge is -2.05. The lowest BCUT2D eigenvalue weighted by Crippen LogP contribution is -2.10. The van der Waals surface area contributed by atoms with E-state index in [0.29, 0.717) is 23.5 Å². The fraction of sp³-hybridized carbons (Fsp3) is 0.211. The van der Waals surface area contributed by atoms with Gasteiger partial charge in [0.05, 0.1) is 6.61 Å². The average Bonchev–Trinajstić information content (AvgIpc) is 3.11. The van der Waals surface area contributed by atoms with Gasteiger partial charge in [0.2, 0.25) is 5.89 Å². The highest BCUT2D eigenvalue weighted by Gasteiger charge is 2.13. The number of carbonyl (C=O) groups is 1. The van der Waals surface area contributed by atoms with Gasteiger partial charge < -0.3 is 13.9 Å². The molecule has 26 heavy (non-hydrogen) atoms. The Morgan fingerprint density at radius 3 is 2.54 bits per heavy atom. The van der Waals surface area contributed by atoms with Crippen molar-refractivity contribution >= 4 is 17.7 Å². The number of thioether (sulfide) groups is 1. The minimum atomic E-state index is -0.394. The molecule has 7 heteroatoms. The van der Waals surface area contributed by atoms with Crippen molar-refractivity contribution in [2.24, 2.45) is 0 Å². The number of nitrogens with zero attached hydrogens (tertiary/aromatic N) is 2. The summed E-state index contributed by atoms with van der Waals surface area (Å²) in [5, 5.41) is 8.33. The van der Waals surface area contributed by atoms with E-state index in [0.717, 1.165) is 28.6 Å². The summed E-state index contributed by atoms with van der Waals surface area (Å²) in [6.07, 6.45) is 0. The van der Waals surface area contributed by atoms with Gasteiger partial charge in [-0.3, -0.25) is 4.79 Å². The van der Waals surface area contributed by atoms with Crippen LogP contribution in [0.4, 0.5) is 0 Å². The zero-order valence-electron chi connectivity index (χ0n) is 14.5. The van der Waals surface area contributed by atoms with Gasteiger partial charge in [0.1, 0.15) is 17.3 Å². The average molecular weight is 370 g/mol. The lowest BCUT2D eigenvalue weighted by molar-refractivity contribution is -0.131. The first-order chi connectivity index (χ1) is 12.7. The number of aryl methyl sites for hydroxylation is 1. The highest BCUT2D eigenvalue weighted by atomic mass is 32.2. The van der Waals surface area contributed by atoms with Gasteiger partial charge in [-0.15, -0.1) is 10.2 Å². The van der Waals surface area contributed by atoms with Crippen LogP contribution < -0.4 is 9.47 Å². The van der Waals surface area contributed by atoms with Crippen molar-refractivity contribution in [2.45, 2.75) is 19.1 Å². The van der Waals surface area contributed by atoms with Crippen molar-refractivity contribution < 1.29 is 18.7 Å². The van der Waals surface area contributed by atoms with Crippen molar-refractivity contribution in [3.63, 3.8) is 0 Å². The summed E-state index contributed by atoms with van der Waals surface area (Å²) in [5.74, 6) is 1.31. The fourth-order valence-corrected chi connectivity index (χ4v) is 2.78. The van der Waals surface area contributed by atoms with Gasteiger partial charge in [0.15, 0.2) is 0 Å². The molecule has 0 N–H and O–H groups in total. The van der Waals surface area contributed by atoms with E-state index in [1.807, 2.05) is 38.1 Å². The third-order valence-electron chi connectivity index (χ3n) is 3.46. The number of hydrogen-bond acceptors (Lipinski definition) is 7. The van der Waals surface area contributed by atoms with E-state index in [9.17, 15) is 4.79 Å². The Morgan fingerprint density at radius 2 is 1.81 bits per heavy atom. The quantitative estimate of drug-likeness (QED) is 0.351. The van der Waals surface area contributed by atoms with Crippen molar-refractivity contribution in [2.75, 3.05) is 12.4 Å². The van der Waals surface area contributed by atoms with Gasteiger partial charge >= 0.3 is 5.97 Å². The maximum Gasteiger partial charge on any atom is 0.321 e. The van der Waals surface area contributed by atoms with Crippen molar-refractivity contribution in [1.82, 2.24) is 10.2 Å². The second kappa shape index (κ2) is 8.53. The molecule has 0 unspecified atom stereocenters. The third-order valence-corrected chi connectivity index (χ3v) is 4.25. The van der Waals surface area contributed by atoms with Crippen molar-refractivity contribution in [3.8, 4) is 23.0 Å². The number of benzene rings is 2. The molecule has 0 aliphatic rings. The molecule has 3 rings (SSSR count). The highest BCUT2D eigenvalue weighted by Crippen LogP contribution is 2.25. The van der Waals surface area contributed by atoms with Gasteiger partial charge in [0.25, 0.3) is 5.22 Å². The molecule has 0 saturated carbocycles. The Labute approximate surface area is 155 Å². The number of aromatic nitrogens is 2. The minimum absolute atomic E-state index is 0.0720. The van der Waals surface area contributed by atoms with Crippen molar-refractivity contribution in [3.05, 3.63) is 54.1 Å². The number of rotatable bonds is 7. The molecule has 3 aromatic rings. The van der Waals surface area contributed by atoms with Crippen LogP contribution in [0.3, 0.4) is 0 Å². The van der Waals surface area contributed by atoms with Crippen LogP contribution in [0.5, 0.6) is 11.5 Å². The molecule has 1 heterocycles. The molecule has 0 radical (unpaired) electrons. The van der Waals surface area contributed by atoms with Crippen LogP contribution in [0.25, 0.3) is 11.5 Å². The molecule has 0 atom stereocenters. The zero-order chi connectivity index (χ0) is 18.4. The van der Waals surface area contributed by atoms with Gasteiger partial charge in [-0.05, 0) is 49.7 Å². The van der Waals surface area contributed by atoms with Crippen LogP contribution in [0, 0.1) is 6.92 Å². The summed E-state index contributed by atoms with van der Waals surface area (Å²) in [5.41, 5.74) is 1.92. The van der Waals surface area contributed by atoms with Crippen LogP contribution in [0.2, 0.25) is 0 Å². The Bertz CT molecular complexity index is 877. The molecule has 134 valence electrons. The van der Waals surface area contributed by atoms with E-state index in [1.54, 1.807) is 24.3 Å².